The molecule has 0 unspecified atom stereocenters. The fourth-order valence-corrected chi connectivity index (χ4v) is 4.38. The SMILES string of the molecule is Cc1cccc(Nc2n[nH]c3c2CN(C(=O)N2C[C@@H](C)N(C)C[C@@H]2C)C3(C)C)n1. The summed E-state index contributed by atoms with van der Waals surface area (Å²) in [6, 6.07) is 6.47. The number of aryl methyl sites for hydroxylation is 1. The molecular formula is C21H31N7O. The third kappa shape index (κ3) is 3.35. The van der Waals surface area contributed by atoms with Gasteiger partial charge in [-0.2, -0.15) is 5.10 Å². The number of rotatable bonds is 2. The second-order valence-electron chi connectivity index (χ2n) is 8.93. The van der Waals surface area contributed by atoms with Crippen LogP contribution in [0.4, 0.5) is 16.4 Å². The molecule has 0 saturated carbocycles. The van der Waals surface area contributed by atoms with Crippen LogP contribution in [-0.2, 0) is 12.1 Å². The topological polar surface area (TPSA) is 80.4 Å². The number of carbonyl (C=O) groups excluding carboxylic acids is 1. The number of aromatic nitrogens is 3. The molecule has 2 aliphatic rings. The van der Waals surface area contributed by atoms with Crippen LogP contribution in [0.2, 0.25) is 0 Å². The molecule has 29 heavy (non-hydrogen) atoms. The van der Waals surface area contributed by atoms with E-state index < -0.39 is 5.54 Å². The summed E-state index contributed by atoms with van der Waals surface area (Å²) in [6.45, 7) is 12.6. The fourth-order valence-electron chi connectivity index (χ4n) is 4.38. The molecule has 1 fully saturated rings. The van der Waals surface area contributed by atoms with Crippen molar-refractivity contribution in [3.8, 4) is 0 Å². The van der Waals surface area contributed by atoms with Crippen LogP contribution in [0.3, 0.4) is 0 Å². The molecule has 2 aliphatic heterocycles. The van der Waals surface area contributed by atoms with E-state index in [1.165, 1.54) is 0 Å². The molecule has 0 aliphatic carbocycles. The molecule has 1 saturated heterocycles. The minimum atomic E-state index is -0.453. The molecule has 8 nitrogen and oxygen atoms in total. The second-order valence-corrected chi connectivity index (χ2v) is 8.93. The van der Waals surface area contributed by atoms with Gasteiger partial charge in [-0.15, -0.1) is 0 Å². The first-order chi connectivity index (χ1) is 13.7. The zero-order valence-electron chi connectivity index (χ0n) is 18.2. The number of carbonyl (C=O) groups is 1. The Labute approximate surface area is 172 Å². The lowest BCUT2D eigenvalue weighted by Crippen LogP contribution is -2.60. The molecular weight excluding hydrogens is 366 g/mol. The Hall–Kier alpha value is -2.61. The average Bonchev–Trinajstić information content (AvgIpc) is 3.16. The minimum Gasteiger partial charge on any atom is -0.323 e. The van der Waals surface area contributed by atoms with Gasteiger partial charge in [-0.05, 0) is 53.8 Å². The summed E-state index contributed by atoms with van der Waals surface area (Å²) < 4.78 is 0. The van der Waals surface area contributed by atoms with Gasteiger partial charge in [0.1, 0.15) is 5.82 Å². The Morgan fingerprint density at radius 3 is 2.72 bits per heavy atom. The van der Waals surface area contributed by atoms with Crippen molar-refractivity contribution in [1.82, 2.24) is 29.9 Å². The van der Waals surface area contributed by atoms with Gasteiger partial charge in [0.05, 0.1) is 17.8 Å². The van der Waals surface area contributed by atoms with Crippen molar-refractivity contribution in [2.24, 2.45) is 0 Å². The molecule has 0 bridgehead atoms. The molecule has 0 aromatic carbocycles. The van der Waals surface area contributed by atoms with Gasteiger partial charge in [0, 0.05) is 36.4 Å². The van der Waals surface area contributed by atoms with E-state index in [2.05, 4.69) is 60.1 Å². The number of nitrogens with one attached hydrogen (secondary N) is 2. The highest BCUT2D eigenvalue weighted by atomic mass is 16.2. The van der Waals surface area contributed by atoms with E-state index >= 15 is 0 Å². The second kappa shape index (κ2) is 7.02. The zero-order chi connectivity index (χ0) is 20.9. The fraction of sp³-hybridized carbons (Fsp3) is 0.571. The molecule has 2 N–H and O–H groups in total. The Bertz CT molecular complexity index is 922. The first kappa shape index (κ1) is 19.7. The van der Waals surface area contributed by atoms with Crippen LogP contribution in [0, 0.1) is 6.92 Å². The predicted octanol–water partition coefficient (Wildman–Crippen LogP) is 3.05. The number of nitrogens with zero attached hydrogens (tertiary/aromatic N) is 5. The zero-order valence-corrected chi connectivity index (χ0v) is 18.2. The highest BCUT2D eigenvalue weighted by Crippen LogP contribution is 2.42. The molecule has 156 valence electrons. The summed E-state index contributed by atoms with van der Waals surface area (Å²) in [7, 11) is 2.12. The van der Waals surface area contributed by atoms with E-state index in [1.54, 1.807) is 0 Å². The number of urea groups is 1. The van der Waals surface area contributed by atoms with E-state index in [4.69, 9.17) is 0 Å². The Morgan fingerprint density at radius 1 is 1.24 bits per heavy atom. The summed E-state index contributed by atoms with van der Waals surface area (Å²) >= 11 is 0. The maximum absolute atomic E-state index is 13.5. The molecule has 2 aromatic rings. The number of pyridine rings is 1. The Kier molecular flexibility index (Phi) is 4.77. The molecule has 0 spiro atoms. The van der Waals surface area contributed by atoms with Crippen LogP contribution in [-0.4, -0.2) is 68.1 Å². The summed E-state index contributed by atoms with van der Waals surface area (Å²) in [5.74, 6) is 1.49. The first-order valence-electron chi connectivity index (χ1n) is 10.3. The first-order valence-corrected chi connectivity index (χ1v) is 10.3. The number of hydrogen-bond acceptors (Lipinski definition) is 5. The van der Waals surface area contributed by atoms with Gasteiger partial charge in [0.25, 0.3) is 0 Å². The van der Waals surface area contributed by atoms with Gasteiger partial charge in [0.2, 0.25) is 0 Å². The van der Waals surface area contributed by atoms with Crippen LogP contribution in [0.5, 0.6) is 0 Å². The maximum Gasteiger partial charge on any atom is 0.321 e. The summed E-state index contributed by atoms with van der Waals surface area (Å²) in [5, 5.41) is 10.9. The smallest absolute Gasteiger partial charge is 0.321 e. The molecule has 4 heterocycles. The van der Waals surface area contributed by atoms with Gasteiger partial charge in [-0.25, -0.2) is 9.78 Å². The van der Waals surface area contributed by atoms with E-state index in [0.29, 0.717) is 12.6 Å². The summed E-state index contributed by atoms with van der Waals surface area (Å²) in [5.41, 5.74) is 2.50. The molecule has 2 amide bonds. The van der Waals surface area contributed by atoms with Crippen LogP contribution in [0.1, 0.15) is 44.6 Å². The number of hydrogen-bond donors (Lipinski definition) is 2. The van der Waals surface area contributed by atoms with Crippen LogP contribution >= 0.6 is 0 Å². The number of amides is 2. The van der Waals surface area contributed by atoms with E-state index in [0.717, 1.165) is 41.7 Å². The predicted molar refractivity (Wildman–Crippen MR) is 113 cm³/mol. The minimum absolute atomic E-state index is 0.0895. The summed E-state index contributed by atoms with van der Waals surface area (Å²) in [6.07, 6.45) is 0. The van der Waals surface area contributed by atoms with Gasteiger partial charge < -0.3 is 15.1 Å². The van der Waals surface area contributed by atoms with Gasteiger partial charge >= 0.3 is 6.03 Å². The molecule has 8 heteroatoms. The van der Waals surface area contributed by atoms with Crippen LogP contribution in [0.25, 0.3) is 0 Å². The molecule has 0 radical (unpaired) electrons. The molecule has 2 aromatic heterocycles. The maximum atomic E-state index is 13.5. The van der Waals surface area contributed by atoms with Crippen molar-refractivity contribution in [1.29, 1.82) is 0 Å². The standard InChI is InChI=1S/C21H31N7O/c1-13-8-7-9-17(22-13)23-19-16-12-28(21(4,5)18(16)24-25-19)20(29)27-11-14(2)26(6)10-15(27)3/h7-9,14-15H,10-12H2,1-6H3,(H2,22,23,24,25)/t14-,15+/m1/s1. The van der Waals surface area contributed by atoms with E-state index in [-0.39, 0.29) is 12.1 Å². The third-order valence-corrected chi connectivity index (χ3v) is 6.38. The van der Waals surface area contributed by atoms with Gasteiger partial charge in [0.15, 0.2) is 5.82 Å². The number of likely N-dealkylation sites (N-methyl/N-ethyl adjacent to an activating group) is 1. The molecule has 4 rings (SSSR count). The van der Waals surface area contributed by atoms with Crippen LogP contribution in [0.15, 0.2) is 18.2 Å². The lowest BCUT2D eigenvalue weighted by molar-refractivity contribution is 0.0457. The largest absolute Gasteiger partial charge is 0.323 e. The third-order valence-electron chi connectivity index (χ3n) is 6.38. The van der Waals surface area contributed by atoms with E-state index in [1.807, 2.05) is 34.9 Å². The van der Waals surface area contributed by atoms with Crippen molar-refractivity contribution in [2.45, 2.75) is 58.8 Å². The number of aromatic amines is 1. The number of fused-ring (bicyclic) bond motifs is 1. The normalized spacial score (nSPS) is 23.9. The van der Waals surface area contributed by atoms with Gasteiger partial charge in [-0.1, -0.05) is 6.07 Å². The highest BCUT2D eigenvalue weighted by Gasteiger charge is 2.46. The number of H-pyrrole nitrogens is 1. The number of piperazine rings is 1. The van der Waals surface area contributed by atoms with E-state index in [9.17, 15) is 4.79 Å². The Balaban J connectivity index is 1.58. The van der Waals surface area contributed by atoms with Crippen molar-refractivity contribution in [2.75, 3.05) is 25.5 Å². The lowest BCUT2D eigenvalue weighted by Gasteiger charge is -2.45. The van der Waals surface area contributed by atoms with Crippen molar-refractivity contribution >= 4 is 17.7 Å². The quantitative estimate of drug-likeness (QED) is 0.814. The summed E-state index contributed by atoms with van der Waals surface area (Å²) in [4.78, 5) is 24.3. The lowest BCUT2D eigenvalue weighted by atomic mass is 10.0. The Morgan fingerprint density at radius 2 is 2.00 bits per heavy atom. The van der Waals surface area contributed by atoms with Crippen LogP contribution < -0.4 is 5.32 Å². The highest BCUT2D eigenvalue weighted by molar-refractivity contribution is 5.78. The van der Waals surface area contributed by atoms with Crippen molar-refractivity contribution < 1.29 is 4.79 Å². The van der Waals surface area contributed by atoms with Gasteiger partial charge in [-0.3, -0.25) is 10.00 Å². The van der Waals surface area contributed by atoms with Crippen molar-refractivity contribution in [3.05, 3.63) is 35.2 Å². The average molecular weight is 398 g/mol. The van der Waals surface area contributed by atoms with Crippen molar-refractivity contribution in [3.63, 3.8) is 0 Å². The number of anilines is 2. The molecule has 2 atom stereocenters. The monoisotopic (exact) mass is 397 g/mol.